The first-order valence-corrected chi connectivity index (χ1v) is 6.70. The molecule has 0 heterocycles. The number of aliphatic hydroxyl groups is 1. The summed E-state index contributed by atoms with van der Waals surface area (Å²) in [6.45, 7) is 0. The normalized spacial score (nSPS) is 26.3. The quantitative estimate of drug-likeness (QED) is 0.677. The van der Waals surface area contributed by atoms with E-state index in [4.69, 9.17) is 0 Å². The van der Waals surface area contributed by atoms with Gasteiger partial charge in [-0.15, -0.1) is 0 Å². The predicted octanol–water partition coefficient (Wildman–Crippen LogP) is 3.66. The number of rotatable bonds is 0. The van der Waals surface area contributed by atoms with Crippen LogP contribution in [0, 0.1) is 0 Å². The van der Waals surface area contributed by atoms with Crippen molar-refractivity contribution < 1.29 is 5.11 Å². The van der Waals surface area contributed by atoms with Gasteiger partial charge < -0.3 is 5.11 Å². The molecule has 2 rings (SSSR count). The molecule has 1 nitrogen and oxygen atoms in total. The van der Waals surface area contributed by atoms with Crippen molar-refractivity contribution in [2.24, 2.45) is 0 Å². The molecule has 0 radical (unpaired) electrons. The third-order valence-electron chi connectivity index (χ3n) is 2.69. The lowest BCUT2D eigenvalue weighted by atomic mass is 9.99. The van der Waals surface area contributed by atoms with Crippen molar-refractivity contribution in [2.75, 3.05) is 0 Å². The molecule has 1 atom stereocenters. The largest absolute Gasteiger partial charge is 0.382 e. The second-order valence-electron chi connectivity index (χ2n) is 3.52. The minimum absolute atomic E-state index is 0.646. The van der Waals surface area contributed by atoms with Gasteiger partial charge in [-0.1, -0.05) is 72.1 Å². The first kappa shape index (κ1) is 11.1. The first-order valence-electron chi connectivity index (χ1n) is 4.33. The van der Waals surface area contributed by atoms with Gasteiger partial charge in [-0.25, -0.2) is 0 Å². The highest BCUT2D eigenvalue weighted by atomic mass is 80.0. The zero-order valence-electron chi connectivity index (χ0n) is 7.30. The number of aryl methyl sites for hydroxylation is 1. The van der Waals surface area contributed by atoms with Crippen molar-refractivity contribution in [3.05, 3.63) is 35.4 Å². The van der Waals surface area contributed by atoms with Gasteiger partial charge in [-0.2, -0.15) is 0 Å². The van der Waals surface area contributed by atoms with E-state index in [0.717, 1.165) is 12.0 Å². The van der Waals surface area contributed by atoms with Crippen molar-refractivity contribution >= 4 is 47.8 Å². The van der Waals surface area contributed by atoms with E-state index in [-0.39, 0.29) is 0 Å². The molecule has 1 aromatic carbocycles. The smallest absolute Gasteiger partial charge is 0.167 e. The Hall–Kier alpha value is 0.620. The van der Waals surface area contributed by atoms with Gasteiger partial charge in [0, 0.05) is 0 Å². The third-order valence-corrected chi connectivity index (χ3v) is 4.66. The topological polar surface area (TPSA) is 20.2 Å². The van der Waals surface area contributed by atoms with Crippen LogP contribution in [-0.4, -0.2) is 7.25 Å². The molecule has 0 amide bonds. The molecule has 14 heavy (non-hydrogen) atoms. The number of halogens is 3. The average Bonchev–Trinajstić information content (AvgIpc) is 2.45. The van der Waals surface area contributed by atoms with Crippen molar-refractivity contribution in [1.29, 1.82) is 0 Å². The summed E-state index contributed by atoms with van der Waals surface area (Å²) in [6, 6.07) is 7.99. The summed E-state index contributed by atoms with van der Waals surface area (Å²) in [6.07, 6.45) is 1.63. The second-order valence-corrected chi connectivity index (χ2v) is 10.3. The molecule has 0 fully saturated rings. The molecule has 0 saturated carbocycles. The summed E-state index contributed by atoms with van der Waals surface area (Å²) in [5.41, 5.74) is 1.33. The van der Waals surface area contributed by atoms with E-state index in [0.29, 0.717) is 6.42 Å². The Morgan fingerprint density at radius 3 is 2.50 bits per heavy atom. The van der Waals surface area contributed by atoms with Crippen LogP contribution < -0.4 is 0 Å². The fraction of sp³-hybridized carbons (Fsp3) is 0.400. The van der Waals surface area contributed by atoms with Crippen molar-refractivity contribution in [3.63, 3.8) is 0 Å². The zero-order chi connectivity index (χ0) is 10.4. The molecule has 0 bridgehead atoms. The molecule has 1 unspecified atom stereocenters. The minimum Gasteiger partial charge on any atom is -0.382 e. The summed E-state index contributed by atoms with van der Waals surface area (Å²) in [5, 5.41) is 10.5. The summed E-state index contributed by atoms with van der Waals surface area (Å²) >= 11 is 10.2. The van der Waals surface area contributed by atoms with Crippen molar-refractivity contribution in [1.82, 2.24) is 0 Å². The Balaban J connectivity index is 2.53. The Morgan fingerprint density at radius 2 is 1.86 bits per heavy atom. The van der Waals surface area contributed by atoms with Crippen LogP contribution in [0.25, 0.3) is 0 Å². The molecule has 0 aromatic heterocycles. The van der Waals surface area contributed by atoms with Gasteiger partial charge in [0.25, 0.3) is 0 Å². The van der Waals surface area contributed by atoms with Gasteiger partial charge in [0.15, 0.2) is 2.14 Å². The van der Waals surface area contributed by atoms with E-state index in [1.807, 2.05) is 18.2 Å². The lowest BCUT2D eigenvalue weighted by molar-refractivity contribution is 0.0535. The predicted molar refractivity (Wildman–Crippen MR) is 68.2 cm³/mol. The molecule has 1 aliphatic carbocycles. The van der Waals surface area contributed by atoms with Gasteiger partial charge in [0.05, 0.1) is 0 Å². The van der Waals surface area contributed by atoms with Gasteiger partial charge in [0.2, 0.25) is 0 Å². The highest BCUT2D eigenvalue weighted by Crippen LogP contribution is 2.55. The SMILES string of the molecule is OC1(C(Br)(Br)Br)CCc2ccccc21. The van der Waals surface area contributed by atoms with Crippen LogP contribution in [0.2, 0.25) is 0 Å². The summed E-state index contributed by atoms with van der Waals surface area (Å²) in [7, 11) is 0. The van der Waals surface area contributed by atoms with E-state index >= 15 is 0 Å². The van der Waals surface area contributed by atoms with Crippen LogP contribution in [0.15, 0.2) is 24.3 Å². The van der Waals surface area contributed by atoms with Crippen LogP contribution in [0.5, 0.6) is 0 Å². The fourth-order valence-corrected chi connectivity index (χ4v) is 3.12. The Kier molecular flexibility index (Phi) is 2.84. The maximum absolute atomic E-state index is 10.5. The number of hydrogen-bond donors (Lipinski definition) is 1. The van der Waals surface area contributed by atoms with Crippen LogP contribution in [-0.2, 0) is 12.0 Å². The zero-order valence-corrected chi connectivity index (χ0v) is 12.1. The standard InChI is InChI=1S/C10H9Br3O/c11-10(12,13)9(14)6-5-7-3-1-2-4-8(7)9/h1-4,14H,5-6H2. The van der Waals surface area contributed by atoms with Crippen LogP contribution >= 0.6 is 47.8 Å². The first-order chi connectivity index (χ1) is 6.45. The Labute approximate surface area is 108 Å². The summed E-state index contributed by atoms with van der Waals surface area (Å²) in [4.78, 5) is 0. The molecule has 76 valence electrons. The van der Waals surface area contributed by atoms with E-state index < -0.39 is 7.74 Å². The monoisotopic (exact) mass is 382 g/mol. The maximum atomic E-state index is 10.5. The summed E-state index contributed by atoms with van der Waals surface area (Å²) in [5.74, 6) is 0. The minimum atomic E-state index is -0.885. The highest BCUT2D eigenvalue weighted by Gasteiger charge is 2.50. The molecular formula is C10H9Br3O. The maximum Gasteiger partial charge on any atom is 0.167 e. The Morgan fingerprint density at radius 1 is 1.21 bits per heavy atom. The van der Waals surface area contributed by atoms with Gasteiger partial charge in [-0.3, -0.25) is 0 Å². The molecule has 0 spiro atoms. The molecule has 1 aliphatic rings. The third kappa shape index (κ3) is 1.60. The van der Waals surface area contributed by atoms with Crippen LogP contribution in [0.3, 0.4) is 0 Å². The number of fused-ring (bicyclic) bond motifs is 1. The van der Waals surface area contributed by atoms with Crippen LogP contribution in [0.4, 0.5) is 0 Å². The number of alkyl halides is 3. The molecule has 1 aromatic rings. The van der Waals surface area contributed by atoms with E-state index in [1.54, 1.807) is 0 Å². The highest BCUT2D eigenvalue weighted by molar-refractivity contribution is 9.39. The fourth-order valence-electron chi connectivity index (χ4n) is 1.89. The van der Waals surface area contributed by atoms with E-state index in [1.165, 1.54) is 5.56 Å². The Bertz CT molecular complexity index is 359. The molecule has 1 N–H and O–H groups in total. The molecule has 0 saturated heterocycles. The van der Waals surface area contributed by atoms with Gasteiger partial charge in [0.1, 0.15) is 5.60 Å². The second kappa shape index (κ2) is 3.58. The molecule has 0 aliphatic heterocycles. The number of benzene rings is 1. The molecule has 4 heteroatoms. The number of hydrogen-bond acceptors (Lipinski definition) is 1. The lowest BCUT2D eigenvalue weighted by Gasteiger charge is -2.32. The lowest BCUT2D eigenvalue weighted by Crippen LogP contribution is -2.36. The van der Waals surface area contributed by atoms with Gasteiger partial charge >= 0.3 is 0 Å². The summed E-state index contributed by atoms with van der Waals surface area (Å²) < 4.78 is -0.646. The van der Waals surface area contributed by atoms with Crippen molar-refractivity contribution in [2.45, 2.75) is 20.6 Å². The molecular weight excluding hydrogens is 376 g/mol. The van der Waals surface area contributed by atoms with E-state index in [2.05, 4.69) is 53.9 Å². The average molecular weight is 385 g/mol. The van der Waals surface area contributed by atoms with Crippen LogP contribution in [0.1, 0.15) is 17.5 Å². The van der Waals surface area contributed by atoms with Gasteiger partial charge in [-0.05, 0) is 24.0 Å². The van der Waals surface area contributed by atoms with Crippen molar-refractivity contribution in [3.8, 4) is 0 Å². The van der Waals surface area contributed by atoms with E-state index in [9.17, 15) is 5.11 Å².